The molecule has 6 heteroatoms. The van der Waals surface area contributed by atoms with Gasteiger partial charge in [0.15, 0.2) is 11.5 Å². The van der Waals surface area contributed by atoms with Crippen molar-refractivity contribution in [2.75, 3.05) is 0 Å². The predicted molar refractivity (Wildman–Crippen MR) is 75.5 cm³/mol. The molecule has 0 spiro atoms. The van der Waals surface area contributed by atoms with E-state index in [1.54, 1.807) is 4.52 Å². The first kappa shape index (κ1) is 10.5. The molecule has 92 valence electrons. The molecule has 19 heavy (non-hydrogen) atoms. The third-order valence-electron chi connectivity index (χ3n) is 3.05. The molecule has 4 rings (SSSR count). The lowest BCUT2D eigenvalue weighted by molar-refractivity contribution is 0.917. The van der Waals surface area contributed by atoms with Crippen LogP contribution in [0.2, 0.25) is 0 Å². The average molecular weight is 267 g/mol. The predicted octanol–water partition coefficient (Wildman–Crippen LogP) is 2.94. The van der Waals surface area contributed by atoms with Crippen molar-refractivity contribution in [3.05, 3.63) is 47.4 Å². The van der Waals surface area contributed by atoms with Gasteiger partial charge in [0.1, 0.15) is 0 Å². The maximum atomic E-state index is 5.32. The first-order valence-corrected chi connectivity index (χ1v) is 6.25. The molecule has 5 nitrogen and oxygen atoms in total. The SMILES string of the molecule is S=c1[nH]c2ccccc2c2nc(-c3ccc[nH]3)nn12. The Bertz CT molecular complexity index is 933. The van der Waals surface area contributed by atoms with Gasteiger partial charge in [0.2, 0.25) is 4.77 Å². The van der Waals surface area contributed by atoms with Crippen LogP contribution in [0.3, 0.4) is 0 Å². The quantitative estimate of drug-likeness (QED) is 0.521. The van der Waals surface area contributed by atoms with E-state index < -0.39 is 0 Å². The van der Waals surface area contributed by atoms with Crippen molar-refractivity contribution in [2.45, 2.75) is 0 Å². The van der Waals surface area contributed by atoms with Crippen molar-refractivity contribution >= 4 is 28.8 Å². The summed E-state index contributed by atoms with van der Waals surface area (Å²) in [7, 11) is 0. The number of rotatable bonds is 1. The molecular formula is C13H9N5S. The van der Waals surface area contributed by atoms with E-state index >= 15 is 0 Å². The van der Waals surface area contributed by atoms with Crippen molar-refractivity contribution in [1.29, 1.82) is 0 Å². The average Bonchev–Trinajstić information content (AvgIpc) is 3.08. The summed E-state index contributed by atoms with van der Waals surface area (Å²) in [6.45, 7) is 0. The molecule has 1 aromatic carbocycles. The van der Waals surface area contributed by atoms with E-state index in [-0.39, 0.29) is 0 Å². The van der Waals surface area contributed by atoms with Crippen molar-refractivity contribution in [3.63, 3.8) is 0 Å². The minimum atomic E-state index is 0.541. The van der Waals surface area contributed by atoms with E-state index in [0.29, 0.717) is 10.6 Å². The third kappa shape index (κ3) is 1.50. The molecule has 0 saturated heterocycles. The van der Waals surface area contributed by atoms with Gasteiger partial charge in [-0.3, -0.25) is 0 Å². The summed E-state index contributed by atoms with van der Waals surface area (Å²) in [6, 6.07) is 11.8. The maximum absolute atomic E-state index is 5.32. The minimum absolute atomic E-state index is 0.541. The highest BCUT2D eigenvalue weighted by atomic mass is 32.1. The summed E-state index contributed by atoms with van der Waals surface area (Å²) >= 11 is 5.32. The Morgan fingerprint density at radius 1 is 1.11 bits per heavy atom. The highest BCUT2D eigenvalue weighted by Crippen LogP contribution is 2.20. The first-order chi connectivity index (χ1) is 9.33. The Balaban J connectivity index is 2.16. The van der Waals surface area contributed by atoms with Crippen LogP contribution >= 0.6 is 12.2 Å². The van der Waals surface area contributed by atoms with E-state index in [0.717, 1.165) is 22.2 Å². The summed E-state index contributed by atoms with van der Waals surface area (Å²) in [6.07, 6.45) is 1.85. The number of fused-ring (bicyclic) bond motifs is 3. The van der Waals surface area contributed by atoms with Gasteiger partial charge in [-0.05, 0) is 36.5 Å². The zero-order valence-corrected chi connectivity index (χ0v) is 10.6. The van der Waals surface area contributed by atoms with Gasteiger partial charge in [-0.25, -0.2) is 4.98 Å². The van der Waals surface area contributed by atoms with Crippen LogP contribution in [0.4, 0.5) is 0 Å². The topological polar surface area (TPSA) is 61.8 Å². The normalized spacial score (nSPS) is 11.4. The van der Waals surface area contributed by atoms with E-state index in [2.05, 4.69) is 20.1 Å². The van der Waals surface area contributed by atoms with E-state index in [9.17, 15) is 0 Å². The Morgan fingerprint density at radius 2 is 2.00 bits per heavy atom. The van der Waals surface area contributed by atoms with Gasteiger partial charge in [0.25, 0.3) is 0 Å². The molecule has 2 N–H and O–H groups in total. The maximum Gasteiger partial charge on any atom is 0.200 e. The van der Waals surface area contributed by atoms with Crippen molar-refractivity contribution in [3.8, 4) is 11.5 Å². The number of nitrogens with zero attached hydrogens (tertiary/aromatic N) is 3. The van der Waals surface area contributed by atoms with Crippen LogP contribution in [-0.2, 0) is 0 Å². The van der Waals surface area contributed by atoms with Gasteiger partial charge >= 0.3 is 0 Å². The second kappa shape index (κ2) is 3.76. The number of para-hydroxylation sites is 1. The standard InChI is InChI=1S/C13H9N5S/c19-13-15-9-5-2-1-4-8(9)12-16-11(17-18(12)13)10-6-3-7-14-10/h1-7,14H,(H,15,19). The highest BCUT2D eigenvalue weighted by molar-refractivity contribution is 7.71. The van der Waals surface area contributed by atoms with Crippen LogP contribution in [0.5, 0.6) is 0 Å². The lowest BCUT2D eigenvalue weighted by atomic mass is 10.2. The summed E-state index contributed by atoms with van der Waals surface area (Å²) in [5.41, 5.74) is 2.61. The number of aromatic amines is 2. The second-order valence-electron chi connectivity index (χ2n) is 4.23. The summed E-state index contributed by atoms with van der Waals surface area (Å²) in [5.74, 6) is 0.640. The van der Waals surface area contributed by atoms with Crippen LogP contribution < -0.4 is 0 Å². The molecule has 0 aliphatic carbocycles. The molecule has 0 fully saturated rings. The van der Waals surface area contributed by atoms with E-state index in [4.69, 9.17) is 12.2 Å². The molecule has 0 aliphatic heterocycles. The second-order valence-corrected chi connectivity index (χ2v) is 4.62. The Morgan fingerprint density at radius 3 is 2.84 bits per heavy atom. The summed E-state index contributed by atoms with van der Waals surface area (Å²) < 4.78 is 2.20. The van der Waals surface area contributed by atoms with Gasteiger partial charge < -0.3 is 9.97 Å². The van der Waals surface area contributed by atoms with Crippen LogP contribution in [0.25, 0.3) is 28.1 Å². The zero-order valence-electron chi connectivity index (χ0n) is 9.79. The molecule has 0 unspecified atom stereocenters. The summed E-state index contributed by atoms with van der Waals surface area (Å²) in [5, 5.41) is 5.45. The molecule has 0 bridgehead atoms. The number of nitrogens with one attached hydrogen (secondary N) is 2. The molecule has 3 heterocycles. The number of hydrogen-bond donors (Lipinski definition) is 2. The lowest BCUT2D eigenvalue weighted by Gasteiger charge is -1.98. The molecule has 3 aromatic heterocycles. The van der Waals surface area contributed by atoms with Crippen LogP contribution in [0.15, 0.2) is 42.6 Å². The molecule has 0 saturated carbocycles. The van der Waals surface area contributed by atoms with Crippen LogP contribution in [-0.4, -0.2) is 24.6 Å². The Hall–Kier alpha value is -2.47. The smallest absolute Gasteiger partial charge is 0.200 e. The Kier molecular flexibility index (Phi) is 2.07. The minimum Gasteiger partial charge on any atom is -0.359 e. The Labute approximate surface area is 112 Å². The van der Waals surface area contributed by atoms with Gasteiger partial charge in [-0.1, -0.05) is 12.1 Å². The zero-order chi connectivity index (χ0) is 12.8. The fourth-order valence-electron chi connectivity index (χ4n) is 2.17. The third-order valence-corrected chi connectivity index (χ3v) is 3.32. The van der Waals surface area contributed by atoms with Crippen LogP contribution in [0, 0.1) is 4.77 Å². The lowest BCUT2D eigenvalue weighted by Crippen LogP contribution is -1.94. The molecule has 0 aliphatic rings. The molecule has 0 atom stereocenters. The number of H-pyrrole nitrogens is 2. The molecule has 4 aromatic rings. The molecular weight excluding hydrogens is 258 g/mol. The fourth-order valence-corrected chi connectivity index (χ4v) is 2.40. The van der Waals surface area contributed by atoms with Crippen molar-refractivity contribution in [1.82, 2.24) is 24.6 Å². The van der Waals surface area contributed by atoms with E-state index in [1.807, 2.05) is 42.6 Å². The van der Waals surface area contributed by atoms with Gasteiger partial charge in [-0.15, -0.1) is 5.10 Å². The summed E-state index contributed by atoms with van der Waals surface area (Å²) in [4.78, 5) is 10.8. The van der Waals surface area contributed by atoms with E-state index in [1.165, 1.54) is 0 Å². The molecule has 0 radical (unpaired) electrons. The largest absolute Gasteiger partial charge is 0.359 e. The highest BCUT2D eigenvalue weighted by Gasteiger charge is 2.10. The van der Waals surface area contributed by atoms with Gasteiger partial charge in [-0.2, -0.15) is 4.52 Å². The van der Waals surface area contributed by atoms with Crippen molar-refractivity contribution in [2.24, 2.45) is 0 Å². The molecule has 0 amide bonds. The monoisotopic (exact) mass is 267 g/mol. The van der Waals surface area contributed by atoms with Crippen molar-refractivity contribution < 1.29 is 0 Å². The van der Waals surface area contributed by atoms with Crippen LogP contribution in [0.1, 0.15) is 0 Å². The van der Waals surface area contributed by atoms with Gasteiger partial charge in [0.05, 0.1) is 11.2 Å². The number of hydrogen-bond acceptors (Lipinski definition) is 3. The van der Waals surface area contributed by atoms with Gasteiger partial charge in [0, 0.05) is 11.6 Å². The number of benzene rings is 1. The fraction of sp³-hybridized carbons (Fsp3) is 0. The first-order valence-electron chi connectivity index (χ1n) is 5.84. The number of aromatic nitrogens is 5.